The highest BCUT2D eigenvalue weighted by molar-refractivity contribution is 9.10. The van der Waals surface area contributed by atoms with Crippen LogP contribution >= 0.6 is 27.7 Å². The molecule has 1 aliphatic carbocycles. The van der Waals surface area contributed by atoms with Gasteiger partial charge in [-0.15, -0.1) is 0 Å². The first-order chi connectivity index (χ1) is 13.7. The molecule has 0 saturated heterocycles. The Kier molecular flexibility index (Phi) is 4.77. The zero-order valence-corrected chi connectivity index (χ0v) is 17.6. The summed E-state index contributed by atoms with van der Waals surface area (Å²) in [7, 11) is 0. The average Bonchev–Trinajstić information content (AvgIpc) is 3.40. The number of aliphatic imine (C=N–C) groups is 1. The third-order valence-corrected chi connectivity index (χ3v) is 7.14. The topological polar surface area (TPSA) is 88.6 Å². The Morgan fingerprint density at radius 1 is 1.41 bits per heavy atom. The van der Waals surface area contributed by atoms with Crippen LogP contribution in [0.15, 0.2) is 46.0 Å². The maximum atomic E-state index is 14.8. The molecule has 3 atom stereocenters. The molecule has 0 spiro atoms. The molecular weight excluding hydrogens is 464 g/mol. The summed E-state index contributed by atoms with van der Waals surface area (Å²) in [4.78, 5) is 20.2. The summed E-state index contributed by atoms with van der Waals surface area (Å²) in [6.45, 7) is 1.67. The van der Waals surface area contributed by atoms with Crippen molar-refractivity contribution in [1.82, 2.24) is 4.98 Å². The number of carboxylic acids is 1. The molecule has 0 amide bonds. The van der Waals surface area contributed by atoms with E-state index in [9.17, 15) is 18.7 Å². The van der Waals surface area contributed by atoms with E-state index in [1.165, 1.54) is 36.5 Å². The van der Waals surface area contributed by atoms with E-state index in [4.69, 9.17) is 5.73 Å². The molecule has 2 aliphatic rings. The van der Waals surface area contributed by atoms with Crippen LogP contribution in [-0.2, 0) is 10.3 Å². The van der Waals surface area contributed by atoms with Gasteiger partial charge < -0.3 is 10.8 Å². The van der Waals surface area contributed by atoms with Crippen molar-refractivity contribution in [3.05, 3.63) is 63.6 Å². The van der Waals surface area contributed by atoms with Gasteiger partial charge in [0.1, 0.15) is 16.4 Å². The number of thioether (sulfide) groups is 1. The van der Waals surface area contributed by atoms with Crippen molar-refractivity contribution in [2.45, 2.75) is 23.6 Å². The standard InChI is InChI=1S/C20H16BrF2N3O2S/c1-19(16-8-20(16,17(27)28)29-18(24)26-19)12-6-10(2-4-13(12)22)7-14(23)15-5-3-11(21)9-25-15/h2-7,9,16H,8H2,1H3,(H2,24,26)(H,27,28). The van der Waals surface area contributed by atoms with Crippen LogP contribution in [0.4, 0.5) is 8.78 Å². The molecule has 4 rings (SSSR count). The molecule has 1 aliphatic heterocycles. The SMILES string of the molecule is CC1(c2cc(C=C(F)c3ccc(Br)cn3)ccc2F)N=C(N)SC2(C(=O)O)CC21. The maximum Gasteiger partial charge on any atom is 0.320 e. The highest BCUT2D eigenvalue weighted by Gasteiger charge is 2.71. The van der Waals surface area contributed by atoms with Gasteiger partial charge in [-0.2, -0.15) is 0 Å². The van der Waals surface area contributed by atoms with Crippen molar-refractivity contribution in [3.8, 4) is 0 Å². The number of benzene rings is 1. The number of hydrogen-bond acceptors (Lipinski definition) is 5. The number of carbonyl (C=O) groups is 1. The second-order valence-electron chi connectivity index (χ2n) is 7.24. The van der Waals surface area contributed by atoms with Gasteiger partial charge >= 0.3 is 5.97 Å². The first-order valence-electron chi connectivity index (χ1n) is 8.72. The lowest BCUT2D eigenvalue weighted by Gasteiger charge is -2.33. The van der Waals surface area contributed by atoms with Crippen LogP contribution < -0.4 is 5.73 Å². The number of nitrogens with two attached hydrogens (primary N) is 1. The molecule has 2 aromatic rings. The Morgan fingerprint density at radius 2 is 2.17 bits per heavy atom. The van der Waals surface area contributed by atoms with Gasteiger partial charge in [-0.1, -0.05) is 17.8 Å². The predicted molar refractivity (Wildman–Crippen MR) is 112 cm³/mol. The smallest absolute Gasteiger partial charge is 0.320 e. The van der Waals surface area contributed by atoms with Crippen LogP contribution in [0.3, 0.4) is 0 Å². The van der Waals surface area contributed by atoms with Crippen LogP contribution in [0.5, 0.6) is 0 Å². The minimum Gasteiger partial charge on any atom is -0.480 e. The Hall–Kier alpha value is -2.26. The lowest BCUT2D eigenvalue weighted by molar-refractivity contribution is -0.137. The van der Waals surface area contributed by atoms with Gasteiger partial charge in [0.05, 0.1) is 11.2 Å². The molecule has 0 bridgehead atoms. The van der Waals surface area contributed by atoms with Crippen LogP contribution in [-0.4, -0.2) is 26.0 Å². The average molecular weight is 480 g/mol. The van der Waals surface area contributed by atoms with Crippen molar-refractivity contribution in [3.63, 3.8) is 0 Å². The molecule has 29 heavy (non-hydrogen) atoms. The molecule has 3 N–H and O–H groups in total. The van der Waals surface area contributed by atoms with E-state index < -0.39 is 33.8 Å². The Morgan fingerprint density at radius 3 is 2.83 bits per heavy atom. The van der Waals surface area contributed by atoms with Gasteiger partial charge in [-0.25, -0.2) is 8.78 Å². The lowest BCUT2D eigenvalue weighted by Crippen LogP contribution is -2.39. The van der Waals surface area contributed by atoms with Crippen molar-refractivity contribution in [2.75, 3.05) is 0 Å². The number of carboxylic acid groups (broad SMARTS) is 1. The quantitative estimate of drug-likeness (QED) is 0.670. The summed E-state index contributed by atoms with van der Waals surface area (Å²) in [5, 5.41) is 9.74. The fraction of sp³-hybridized carbons (Fsp3) is 0.250. The summed E-state index contributed by atoms with van der Waals surface area (Å²) in [6.07, 6.45) is 3.07. The molecule has 5 nitrogen and oxygen atoms in total. The number of amidine groups is 1. The zero-order valence-electron chi connectivity index (χ0n) is 15.2. The molecule has 0 radical (unpaired) electrons. The molecule has 3 unspecified atom stereocenters. The van der Waals surface area contributed by atoms with Gasteiger partial charge in [0.25, 0.3) is 0 Å². The van der Waals surface area contributed by atoms with Crippen LogP contribution in [0.2, 0.25) is 0 Å². The summed E-state index contributed by atoms with van der Waals surface area (Å²) in [5.74, 6) is -2.51. The van der Waals surface area contributed by atoms with E-state index in [1.54, 1.807) is 13.0 Å². The number of hydrogen-bond donors (Lipinski definition) is 2. The first kappa shape index (κ1) is 20.0. The van der Waals surface area contributed by atoms with Gasteiger partial charge in [-0.05, 0) is 65.2 Å². The van der Waals surface area contributed by atoms with Gasteiger partial charge in [0.2, 0.25) is 0 Å². The number of rotatable bonds is 4. The highest BCUT2D eigenvalue weighted by Crippen LogP contribution is 2.66. The van der Waals surface area contributed by atoms with Crippen molar-refractivity contribution in [2.24, 2.45) is 16.6 Å². The Labute approximate surface area is 178 Å². The predicted octanol–water partition coefficient (Wildman–Crippen LogP) is 4.57. The fourth-order valence-electron chi connectivity index (χ4n) is 3.81. The summed E-state index contributed by atoms with van der Waals surface area (Å²) in [5.41, 5.74) is 5.50. The number of aliphatic carboxylic acids is 1. The van der Waals surface area contributed by atoms with E-state index in [-0.39, 0.29) is 16.4 Å². The maximum absolute atomic E-state index is 14.8. The number of pyridine rings is 1. The molecule has 9 heteroatoms. The number of nitrogens with zero attached hydrogens (tertiary/aromatic N) is 2. The second kappa shape index (κ2) is 6.91. The van der Waals surface area contributed by atoms with Crippen LogP contribution in [0.25, 0.3) is 11.9 Å². The first-order valence-corrected chi connectivity index (χ1v) is 10.3. The summed E-state index contributed by atoms with van der Waals surface area (Å²) < 4.78 is 29.0. The van der Waals surface area contributed by atoms with Crippen molar-refractivity contribution >= 4 is 50.7 Å². The van der Waals surface area contributed by atoms with Crippen LogP contribution in [0.1, 0.15) is 30.2 Å². The van der Waals surface area contributed by atoms with Gasteiger partial charge in [-0.3, -0.25) is 14.8 Å². The molecule has 1 saturated carbocycles. The number of aromatic nitrogens is 1. The third kappa shape index (κ3) is 3.36. The van der Waals surface area contributed by atoms with E-state index >= 15 is 0 Å². The van der Waals surface area contributed by atoms with E-state index in [2.05, 4.69) is 25.9 Å². The Bertz CT molecular complexity index is 1080. The van der Waals surface area contributed by atoms with E-state index in [1.807, 2.05) is 0 Å². The zero-order chi connectivity index (χ0) is 21.0. The lowest BCUT2D eigenvalue weighted by atomic mass is 9.85. The van der Waals surface area contributed by atoms with E-state index in [0.29, 0.717) is 12.0 Å². The monoisotopic (exact) mass is 479 g/mol. The fourth-order valence-corrected chi connectivity index (χ4v) is 5.36. The third-order valence-electron chi connectivity index (χ3n) is 5.38. The number of fused-ring (bicyclic) bond motifs is 1. The van der Waals surface area contributed by atoms with Crippen LogP contribution in [0, 0.1) is 11.7 Å². The van der Waals surface area contributed by atoms with Gasteiger partial charge in [0.15, 0.2) is 5.17 Å². The second-order valence-corrected chi connectivity index (χ2v) is 9.51. The Balaban J connectivity index is 1.74. The molecular formula is C20H16BrF2N3O2S. The normalized spacial score (nSPS) is 28.5. The molecule has 1 fully saturated rings. The minimum absolute atomic E-state index is 0.106. The highest BCUT2D eigenvalue weighted by atomic mass is 79.9. The largest absolute Gasteiger partial charge is 0.480 e. The molecule has 1 aromatic heterocycles. The van der Waals surface area contributed by atoms with Crippen molar-refractivity contribution in [1.29, 1.82) is 0 Å². The number of halogens is 3. The minimum atomic E-state index is -1.14. The van der Waals surface area contributed by atoms with E-state index in [0.717, 1.165) is 16.2 Å². The molecule has 1 aromatic carbocycles. The van der Waals surface area contributed by atoms with Crippen molar-refractivity contribution < 1.29 is 18.7 Å². The van der Waals surface area contributed by atoms with Gasteiger partial charge in [0, 0.05) is 22.2 Å². The summed E-state index contributed by atoms with van der Waals surface area (Å²) >= 11 is 4.25. The summed E-state index contributed by atoms with van der Waals surface area (Å²) in [6, 6.07) is 7.36. The molecule has 150 valence electrons. The molecule has 2 heterocycles.